The molecule has 0 saturated carbocycles. The van der Waals surface area contributed by atoms with Gasteiger partial charge in [0.1, 0.15) is 16.3 Å². The summed E-state index contributed by atoms with van der Waals surface area (Å²) in [6, 6.07) is 7.12. The second kappa shape index (κ2) is 6.72. The van der Waals surface area contributed by atoms with E-state index in [9.17, 15) is 17.6 Å². The standard InChI is InChI=1S/C18H21FN4O3S/c19-15-5-1-2-6-16(15)27(25,26)22-13-7-18(8-14-22,23-12-3-9-20-23)17(24)21-10-4-11-21/h1-3,5-6,9,12H,4,7-8,10-11,13-14H2. The van der Waals surface area contributed by atoms with Crippen LogP contribution in [0.25, 0.3) is 0 Å². The smallest absolute Gasteiger partial charge is 0.250 e. The number of piperidine rings is 1. The lowest BCUT2D eigenvalue weighted by Gasteiger charge is -2.45. The lowest BCUT2D eigenvalue weighted by atomic mass is 9.86. The Kier molecular flexibility index (Phi) is 4.51. The van der Waals surface area contributed by atoms with Crippen LogP contribution in [0.15, 0.2) is 47.6 Å². The number of carbonyl (C=O) groups is 1. The molecular weight excluding hydrogens is 371 g/mol. The van der Waals surface area contributed by atoms with E-state index >= 15 is 0 Å². The van der Waals surface area contributed by atoms with Gasteiger partial charge in [-0.15, -0.1) is 0 Å². The zero-order valence-electron chi connectivity index (χ0n) is 14.8. The predicted molar refractivity (Wildman–Crippen MR) is 95.8 cm³/mol. The maximum atomic E-state index is 14.0. The van der Waals surface area contributed by atoms with Gasteiger partial charge in [-0.2, -0.15) is 9.40 Å². The van der Waals surface area contributed by atoms with Gasteiger partial charge in [-0.1, -0.05) is 12.1 Å². The number of hydrogen-bond donors (Lipinski definition) is 0. The summed E-state index contributed by atoms with van der Waals surface area (Å²) in [5, 5.41) is 4.27. The number of nitrogens with zero attached hydrogens (tertiary/aromatic N) is 4. The molecule has 7 nitrogen and oxygen atoms in total. The highest BCUT2D eigenvalue weighted by Gasteiger charge is 2.48. The Morgan fingerprint density at radius 3 is 2.33 bits per heavy atom. The van der Waals surface area contributed by atoms with E-state index in [1.807, 2.05) is 0 Å². The van der Waals surface area contributed by atoms with E-state index in [4.69, 9.17) is 0 Å². The van der Waals surface area contributed by atoms with Crippen molar-refractivity contribution >= 4 is 15.9 Å². The van der Waals surface area contributed by atoms with Crippen LogP contribution in [0.2, 0.25) is 0 Å². The maximum Gasteiger partial charge on any atom is 0.250 e. The Labute approximate surface area is 157 Å². The minimum Gasteiger partial charge on any atom is -0.340 e. The van der Waals surface area contributed by atoms with Gasteiger partial charge < -0.3 is 4.90 Å². The van der Waals surface area contributed by atoms with E-state index in [0.717, 1.165) is 25.6 Å². The highest BCUT2D eigenvalue weighted by molar-refractivity contribution is 7.89. The average molecular weight is 392 g/mol. The van der Waals surface area contributed by atoms with Crippen LogP contribution in [0.1, 0.15) is 19.3 Å². The number of aromatic nitrogens is 2. The van der Waals surface area contributed by atoms with Gasteiger partial charge in [0.05, 0.1) is 0 Å². The van der Waals surface area contributed by atoms with E-state index in [-0.39, 0.29) is 23.9 Å². The van der Waals surface area contributed by atoms with Crippen LogP contribution in [0.3, 0.4) is 0 Å². The van der Waals surface area contributed by atoms with Crippen molar-refractivity contribution in [1.29, 1.82) is 0 Å². The second-order valence-electron chi connectivity index (χ2n) is 6.96. The van der Waals surface area contributed by atoms with Crippen LogP contribution in [-0.4, -0.2) is 59.5 Å². The number of benzene rings is 1. The molecule has 0 aliphatic carbocycles. The van der Waals surface area contributed by atoms with Gasteiger partial charge in [-0.3, -0.25) is 9.48 Å². The second-order valence-corrected chi connectivity index (χ2v) is 8.87. The Morgan fingerprint density at radius 2 is 1.78 bits per heavy atom. The molecular formula is C18H21FN4O3S. The fourth-order valence-corrected chi connectivity index (χ4v) is 5.27. The number of amides is 1. The van der Waals surface area contributed by atoms with Crippen LogP contribution in [0.5, 0.6) is 0 Å². The van der Waals surface area contributed by atoms with Crippen molar-refractivity contribution in [3.8, 4) is 0 Å². The van der Waals surface area contributed by atoms with Crippen LogP contribution >= 0.6 is 0 Å². The van der Waals surface area contributed by atoms with Crippen LogP contribution < -0.4 is 0 Å². The average Bonchev–Trinajstić information content (AvgIpc) is 3.15. The fraction of sp³-hybridized carbons (Fsp3) is 0.444. The first-order valence-electron chi connectivity index (χ1n) is 8.99. The molecule has 1 aromatic carbocycles. The molecule has 144 valence electrons. The number of sulfonamides is 1. The van der Waals surface area contributed by atoms with Crippen molar-refractivity contribution < 1.29 is 17.6 Å². The fourth-order valence-electron chi connectivity index (χ4n) is 3.77. The third kappa shape index (κ3) is 2.94. The van der Waals surface area contributed by atoms with Crippen molar-refractivity contribution in [2.24, 2.45) is 0 Å². The SMILES string of the molecule is O=C(N1CCC1)C1(n2cccn2)CCN(S(=O)(=O)c2ccccc2F)CC1. The lowest BCUT2D eigenvalue weighted by molar-refractivity contribution is -0.147. The molecule has 2 fully saturated rings. The molecule has 2 saturated heterocycles. The van der Waals surface area contributed by atoms with E-state index in [1.54, 1.807) is 28.0 Å². The summed E-state index contributed by atoms with van der Waals surface area (Å²) in [6.07, 6.45) is 4.95. The molecule has 1 amide bonds. The summed E-state index contributed by atoms with van der Waals surface area (Å²) >= 11 is 0. The van der Waals surface area contributed by atoms with Crippen molar-refractivity contribution in [2.45, 2.75) is 29.7 Å². The summed E-state index contributed by atoms with van der Waals surface area (Å²) in [5.74, 6) is -0.779. The van der Waals surface area contributed by atoms with Gasteiger partial charge in [-0.25, -0.2) is 12.8 Å². The number of rotatable bonds is 4. The molecule has 1 aromatic heterocycles. The van der Waals surface area contributed by atoms with Crippen LogP contribution in [-0.2, 0) is 20.4 Å². The molecule has 3 heterocycles. The molecule has 0 radical (unpaired) electrons. The maximum absolute atomic E-state index is 14.0. The molecule has 0 atom stereocenters. The van der Waals surface area contributed by atoms with E-state index in [2.05, 4.69) is 5.10 Å². The number of hydrogen-bond acceptors (Lipinski definition) is 4. The quantitative estimate of drug-likeness (QED) is 0.789. The Balaban J connectivity index is 1.60. The minimum absolute atomic E-state index is 0.0135. The summed E-state index contributed by atoms with van der Waals surface area (Å²) in [5.41, 5.74) is -0.884. The topological polar surface area (TPSA) is 75.5 Å². The first-order chi connectivity index (χ1) is 12.9. The van der Waals surface area contributed by atoms with Crippen LogP contribution in [0, 0.1) is 5.82 Å². The molecule has 2 aliphatic rings. The highest BCUT2D eigenvalue weighted by Crippen LogP contribution is 2.35. The molecule has 4 rings (SSSR count). The van der Waals surface area contributed by atoms with Crippen molar-refractivity contribution in [1.82, 2.24) is 19.0 Å². The van der Waals surface area contributed by atoms with Gasteiger partial charge in [0.25, 0.3) is 5.91 Å². The molecule has 2 aromatic rings. The Bertz CT molecular complexity index is 933. The largest absolute Gasteiger partial charge is 0.340 e. The summed E-state index contributed by atoms with van der Waals surface area (Å²) in [6.45, 7) is 1.71. The van der Waals surface area contributed by atoms with Crippen molar-refractivity contribution in [2.75, 3.05) is 26.2 Å². The Hall–Kier alpha value is -2.26. The van der Waals surface area contributed by atoms with Gasteiger partial charge in [0.15, 0.2) is 0 Å². The summed E-state index contributed by atoms with van der Waals surface area (Å²) < 4.78 is 42.6. The van der Waals surface area contributed by atoms with Gasteiger partial charge in [0, 0.05) is 38.6 Å². The first kappa shape index (κ1) is 18.1. The van der Waals surface area contributed by atoms with Gasteiger partial charge in [-0.05, 0) is 37.5 Å². The number of carbonyl (C=O) groups excluding carboxylic acids is 1. The number of halogens is 1. The molecule has 0 N–H and O–H groups in total. The number of likely N-dealkylation sites (tertiary alicyclic amines) is 1. The van der Waals surface area contributed by atoms with Gasteiger partial charge >= 0.3 is 0 Å². The minimum atomic E-state index is -3.95. The van der Waals surface area contributed by atoms with Crippen molar-refractivity contribution in [3.63, 3.8) is 0 Å². The van der Waals surface area contributed by atoms with E-state index < -0.39 is 21.4 Å². The summed E-state index contributed by atoms with van der Waals surface area (Å²) in [7, 11) is -3.95. The normalized spacial score (nSPS) is 20.3. The molecule has 0 unspecified atom stereocenters. The van der Waals surface area contributed by atoms with E-state index in [1.165, 1.54) is 22.5 Å². The zero-order valence-corrected chi connectivity index (χ0v) is 15.6. The van der Waals surface area contributed by atoms with Crippen LogP contribution in [0.4, 0.5) is 4.39 Å². The predicted octanol–water partition coefficient (Wildman–Crippen LogP) is 1.43. The summed E-state index contributed by atoms with van der Waals surface area (Å²) in [4.78, 5) is 14.6. The lowest BCUT2D eigenvalue weighted by Crippen LogP contribution is -2.59. The highest BCUT2D eigenvalue weighted by atomic mass is 32.2. The first-order valence-corrected chi connectivity index (χ1v) is 10.4. The molecule has 0 spiro atoms. The van der Waals surface area contributed by atoms with Crippen molar-refractivity contribution in [3.05, 3.63) is 48.5 Å². The molecule has 9 heteroatoms. The Morgan fingerprint density at radius 1 is 1.07 bits per heavy atom. The third-order valence-electron chi connectivity index (χ3n) is 5.49. The molecule has 27 heavy (non-hydrogen) atoms. The van der Waals surface area contributed by atoms with E-state index in [0.29, 0.717) is 12.8 Å². The molecule has 2 aliphatic heterocycles. The van der Waals surface area contributed by atoms with Gasteiger partial charge in [0.2, 0.25) is 10.0 Å². The third-order valence-corrected chi connectivity index (χ3v) is 7.42. The molecule has 0 bridgehead atoms. The monoisotopic (exact) mass is 392 g/mol. The zero-order chi connectivity index (χ0) is 19.1.